The highest BCUT2D eigenvalue weighted by atomic mass is 16.5. The Labute approximate surface area is 101 Å². The molecule has 2 heteroatoms. The van der Waals surface area contributed by atoms with Crippen molar-refractivity contribution in [1.82, 2.24) is 4.98 Å². The van der Waals surface area contributed by atoms with E-state index in [4.69, 9.17) is 4.74 Å². The first-order valence-electron chi connectivity index (χ1n) is 6.19. The second-order valence-corrected chi connectivity index (χ2v) is 2.88. The summed E-state index contributed by atoms with van der Waals surface area (Å²) in [5, 5.41) is 0. The molecule has 16 heavy (non-hydrogen) atoms. The first-order chi connectivity index (χ1) is 7.70. The van der Waals surface area contributed by atoms with Gasteiger partial charge in [-0.15, -0.1) is 0 Å². The van der Waals surface area contributed by atoms with Crippen LogP contribution in [-0.4, -0.2) is 12.1 Å². The van der Waals surface area contributed by atoms with Crippen LogP contribution < -0.4 is 4.74 Å². The Morgan fingerprint density at radius 2 is 1.62 bits per heavy atom. The fraction of sp³-hybridized carbons (Fsp3) is 0.643. The summed E-state index contributed by atoms with van der Waals surface area (Å²) >= 11 is 0. The standard InChI is InChI=1S/C10H15NO.2C2H6/c1-5-9-6-11-8(3)7(2)10(9)12-4;2*1-2/h6H,5H2,1-4H3;2*1-2H3. The molecule has 0 radical (unpaired) electrons. The lowest BCUT2D eigenvalue weighted by Crippen LogP contribution is -1.97. The third-order valence-electron chi connectivity index (χ3n) is 2.17. The first kappa shape index (κ1) is 17.3. The molecule has 0 aromatic carbocycles. The summed E-state index contributed by atoms with van der Waals surface area (Å²) in [6.07, 6.45) is 2.86. The number of hydrogen-bond acceptors (Lipinski definition) is 2. The van der Waals surface area contributed by atoms with Crippen molar-refractivity contribution in [2.24, 2.45) is 0 Å². The molecule has 1 aromatic heterocycles. The van der Waals surface area contributed by atoms with Crippen molar-refractivity contribution in [1.29, 1.82) is 0 Å². The zero-order chi connectivity index (χ0) is 13.1. The number of aryl methyl sites for hydroxylation is 2. The molecule has 0 spiro atoms. The Bertz CT molecular complexity index is 282. The van der Waals surface area contributed by atoms with Crippen LogP contribution >= 0.6 is 0 Å². The summed E-state index contributed by atoms with van der Waals surface area (Å²) in [5.41, 5.74) is 3.38. The van der Waals surface area contributed by atoms with Gasteiger partial charge in [0.1, 0.15) is 5.75 Å². The van der Waals surface area contributed by atoms with Gasteiger partial charge >= 0.3 is 0 Å². The summed E-state index contributed by atoms with van der Waals surface area (Å²) in [4.78, 5) is 4.28. The smallest absolute Gasteiger partial charge is 0.128 e. The quantitative estimate of drug-likeness (QED) is 0.747. The van der Waals surface area contributed by atoms with E-state index in [9.17, 15) is 0 Å². The second kappa shape index (κ2) is 10.5. The van der Waals surface area contributed by atoms with Gasteiger partial charge < -0.3 is 4.74 Å². The molecule has 94 valence electrons. The van der Waals surface area contributed by atoms with Crippen LogP contribution in [0.5, 0.6) is 5.75 Å². The van der Waals surface area contributed by atoms with Crippen LogP contribution in [0.4, 0.5) is 0 Å². The van der Waals surface area contributed by atoms with Gasteiger partial charge in [-0.1, -0.05) is 34.6 Å². The van der Waals surface area contributed by atoms with Crippen LogP contribution in [0.1, 0.15) is 51.4 Å². The third-order valence-corrected chi connectivity index (χ3v) is 2.17. The normalized spacial score (nSPS) is 8.25. The highest BCUT2D eigenvalue weighted by molar-refractivity contribution is 5.41. The summed E-state index contributed by atoms with van der Waals surface area (Å²) in [5.74, 6) is 0.991. The topological polar surface area (TPSA) is 22.1 Å². The van der Waals surface area contributed by atoms with E-state index in [2.05, 4.69) is 11.9 Å². The lowest BCUT2D eigenvalue weighted by Gasteiger charge is -2.10. The predicted octanol–water partition coefficient (Wildman–Crippen LogP) is 4.32. The maximum absolute atomic E-state index is 5.31. The molecule has 0 fully saturated rings. The Hall–Kier alpha value is -1.05. The van der Waals surface area contributed by atoms with Crippen LogP contribution in [0.3, 0.4) is 0 Å². The molecular formula is C14H27NO. The van der Waals surface area contributed by atoms with Gasteiger partial charge in [0, 0.05) is 23.0 Å². The van der Waals surface area contributed by atoms with E-state index < -0.39 is 0 Å². The van der Waals surface area contributed by atoms with E-state index in [1.165, 1.54) is 5.56 Å². The molecule has 2 nitrogen and oxygen atoms in total. The number of rotatable bonds is 2. The van der Waals surface area contributed by atoms with Crippen molar-refractivity contribution in [3.63, 3.8) is 0 Å². The maximum Gasteiger partial charge on any atom is 0.128 e. The zero-order valence-corrected chi connectivity index (χ0v) is 12.1. The summed E-state index contributed by atoms with van der Waals surface area (Å²) < 4.78 is 5.31. The molecule has 0 aliphatic heterocycles. The van der Waals surface area contributed by atoms with Crippen molar-refractivity contribution >= 4 is 0 Å². The average Bonchev–Trinajstić information content (AvgIpc) is 2.37. The number of pyridine rings is 1. The van der Waals surface area contributed by atoms with E-state index >= 15 is 0 Å². The van der Waals surface area contributed by atoms with E-state index in [1.807, 2.05) is 47.7 Å². The fourth-order valence-electron chi connectivity index (χ4n) is 1.27. The van der Waals surface area contributed by atoms with Crippen molar-refractivity contribution in [3.8, 4) is 5.75 Å². The van der Waals surface area contributed by atoms with Crippen molar-refractivity contribution in [2.75, 3.05) is 7.11 Å². The SMILES string of the molecule is CC.CC.CCc1cnc(C)c(C)c1OC. The van der Waals surface area contributed by atoms with Gasteiger partial charge in [-0.2, -0.15) is 0 Å². The summed E-state index contributed by atoms with van der Waals surface area (Å²) in [7, 11) is 1.71. The molecule has 1 aromatic rings. The Morgan fingerprint density at radius 3 is 2.00 bits per heavy atom. The molecule has 0 aliphatic rings. The van der Waals surface area contributed by atoms with Crippen LogP contribution in [-0.2, 0) is 6.42 Å². The van der Waals surface area contributed by atoms with Gasteiger partial charge in [0.2, 0.25) is 0 Å². The summed E-state index contributed by atoms with van der Waals surface area (Å²) in [6.45, 7) is 14.1. The van der Waals surface area contributed by atoms with Gasteiger partial charge in [-0.05, 0) is 20.3 Å². The molecule has 1 heterocycles. The molecule has 1 rings (SSSR count). The Kier molecular flexibility index (Phi) is 11.3. The molecule has 0 N–H and O–H groups in total. The number of methoxy groups -OCH3 is 1. The average molecular weight is 225 g/mol. The largest absolute Gasteiger partial charge is 0.496 e. The summed E-state index contributed by atoms with van der Waals surface area (Å²) in [6, 6.07) is 0. The highest BCUT2D eigenvalue weighted by Crippen LogP contribution is 2.24. The van der Waals surface area contributed by atoms with E-state index in [0.29, 0.717) is 0 Å². The lowest BCUT2D eigenvalue weighted by molar-refractivity contribution is 0.405. The first-order valence-corrected chi connectivity index (χ1v) is 6.19. The van der Waals surface area contributed by atoms with Crippen LogP contribution in [0, 0.1) is 13.8 Å². The maximum atomic E-state index is 5.31. The van der Waals surface area contributed by atoms with Gasteiger partial charge in [-0.3, -0.25) is 4.98 Å². The number of nitrogens with zero attached hydrogens (tertiary/aromatic N) is 1. The second-order valence-electron chi connectivity index (χ2n) is 2.88. The van der Waals surface area contributed by atoms with Crippen LogP contribution in [0.25, 0.3) is 0 Å². The Morgan fingerprint density at radius 1 is 1.12 bits per heavy atom. The van der Waals surface area contributed by atoms with Crippen LogP contribution in [0.2, 0.25) is 0 Å². The van der Waals surface area contributed by atoms with Gasteiger partial charge in [-0.25, -0.2) is 0 Å². The van der Waals surface area contributed by atoms with Gasteiger partial charge in [0.05, 0.1) is 7.11 Å². The minimum Gasteiger partial charge on any atom is -0.496 e. The fourth-order valence-corrected chi connectivity index (χ4v) is 1.27. The molecule has 0 amide bonds. The molecule has 0 unspecified atom stereocenters. The van der Waals surface area contributed by atoms with Gasteiger partial charge in [0.15, 0.2) is 0 Å². The van der Waals surface area contributed by atoms with E-state index in [-0.39, 0.29) is 0 Å². The molecule has 0 atom stereocenters. The zero-order valence-electron chi connectivity index (χ0n) is 12.1. The highest BCUT2D eigenvalue weighted by Gasteiger charge is 2.06. The van der Waals surface area contributed by atoms with Crippen molar-refractivity contribution < 1.29 is 4.74 Å². The Balaban J connectivity index is 0. The number of ether oxygens (including phenoxy) is 1. The van der Waals surface area contributed by atoms with Crippen molar-refractivity contribution in [3.05, 3.63) is 23.0 Å². The van der Waals surface area contributed by atoms with Crippen LogP contribution in [0.15, 0.2) is 6.20 Å². The number of aromatic nitrogens is 1. The molecule has 0 aliphatic carbocycles. The minimum atomic E-state index is 0.970. The van der Waals surface area contributed by atoms with E-state index in [1.54, 1.807) is 7.11 Å². The van der Waals surface area contributed by atoms with Crippen molar-refractivity contribution in [2.45, 2.75) is 54.9 Å². The predicted molar refractivity (Wildman–Crippen MR) is 72.3 cm³/mol. The van der Waals surface area contributed by atoms with Gasteiger partial charge in [0.25, 0.3) is 0 Å². The van der Waals surface area contributed by atoms with E-state index in [0.717, 1.165) is 23.4 Å². The minimum absolute atomic E-state index is 0.970. The monoisotopic (exact) mass is 225 g/mol. The molecular weight excluding hydrogens is 198 g/mol. The molecule has 0 saturated carbocycles. The lowest BCUT2D eigenvalue weighted by atomic mass is 10.1. The molecule has 0 bridgehead atoms. The number of hydrogen-bond donors (Lipinski definition) is 0. The molecule has 0 saturated heterocycles. The third kappa shape index (κ3) is 4.65.